The highest BCUT2D eigenvalue weighted by Crippen LogP contribution is 2.20. The Morgan fingerprint density at radius 3 is 3.11 bits per heavy atom. The Morgan fingerprint density at radius 1 is 1.50 bits per heavy atom. The van der Waals surface area contributed by atoms with Gasteiger partial charge < -0.3 is 20.8 Å². The van der Waals surface area contributed by atoms with E-state index in [0.717, 1.165) is 17.3 Å². The van der Waals surface area contributed by atoms with Crippen LogP contribution < -0.4 is 11.1 Å². The topological polar surface area (TPSA) is 80.1 Å². The number of aromatic amines is 1. The molecule has 0 fully saturated rings. The summed E-state index contributed by atoms with van der Waals surface area (Å²) in [5.41, 5.74) is 7.91. The molecule has 2 rings (SSSR count). The second kappa shape index (κ2) is 5.55. The number of anilines is 1. The number of nitrogens with one attached hydrogen (secondary N) is 2. The zero-order chi connectivity index (χ0) is 13.0. The lowest BCUT2D eigenvalue weighted by Gasteiger charge is -2.04. The average molecular weight is 247 g/mol. The van der Waals surface area contributed by atoms with Crippen LogP contribution in [-0.2, 0) is 4.74 Å². The Kier molecular flexibility index (Phi) is 3.84. The number of carbonyl (C=O) groups excluding carboxylic acids is 1. The van der Waals surface area contributed by atoms with Gasteiger partial charge >= 0.3 is 0 Å². The fourth-order valence-corrected chi connectivity index (χ4v) is 1.84. The van der Waals surface area contributed by atoms with Gasteiger partial charge in [0.15, 0.2) is 0 Å². The molecular weight excluding hydrogens is 230 g/mol. The molecule has 5 nitrogen and oxygen atoms in total. The van der Waals surface area contributed by atoms with Crippen LogP contribution in [0.15, 0.2) is 24.4 Å². The van der Waals surface area contributed by atoms with Crippen molar-refractivity contribution < 1.29 is 9.53 Å². The van der Waals surface area contributed by atoms with Crippen LogP contribution in [0.25, 0.3) is 10.9 Å². The molecule has 1 heterocycles. The standard InChI is InChI=1S/C13H17N3O2/c1-18-6-2-5-15-13(17)11-8-16-12-4-3-9(14)7-10(11)12/h3-4,7-8,16H,2,5-6,14H2,1H3,(H,15,17). The quantitative estimate of drug-likeness (QED) is 0.553. The van der Waals surface area contributed by atoms with Crippen molar-refractivity contribution in [2.75, 3.05) is 26.0 Å². The van der Waals surface area contributed by atoms with E-state index in [9.17, 15) is 4.79 Å². The number of amides is 1. The Bertz CT molecular complexity index is 548. The summed E-state index contributed by atoms with van der Waals surface area (Å²) in [4.78, 5) is 15.0. The van der Waals surface area contributed by atoms with Crippen molar-refractivity contribution in [3.05, 3.63) is 30.0 Å². The van der Waals surface area contributed by atoms with E-state index in [4.69, 9.17) is 10.5 Å². The van der Waals surface area contributed by atoms with Gasteiger partial charge in [0.25, 0.3) is 5.91 Å². The van der Waals surface area contributed by atoms with Gasteiger partial charge in [-0.05, 0) is 24.6 Å². The summed E-state index contributed by atoms with van der Waals surface area (Å²) in [6.45, 7) is 1.24. The van der Waals surface area contributed by atoms with Crippen LogP contribution in [0.2, 0.25) is 0 Å². The minimum absolute atomic E-state index is 0.0945. The first-order valence-electron chi connectivity index (χ1n) is 5.86. The number of carbonyl (C=O) groups is 1. The van der Waals surface area contributed by atoms with Gasteiger partial charge in [-0.15, -0.1) is 0 Å². The predicted octanol–water partition coefficient (Wildman–Crippen LogP) is 1.52. The Balaban J connectivity index is 2.10. The van der Waals surface area contributed by atoms with Crippen molar-refractivity contribution in [2.45, 2.75) is 6.42 Å². The molecule has 0 spiro atoms. The maximum atomic E-state index is 12.0. The molecule has 0 unspecified atom stereocenters. The number of hydrogen-bond acceptors (Lipinski definition) is 3. The first-order chi connectivity index (χ1) is 8.72. The maximum absolute atomic E-state index is 12.0. The summed E-state index contributed by atoms with van der Waals surface area (Å²) in [5, 5.41) is 3.70. The number of fused-ring (bicyclic) bond motifs is 1. The third kappa shape index (κ3) is 2.62. The van der Waals surface area contributed by atoms with Gasteiger partial charge in [0, 0.05) is 43.0 Å². The zero-order valence-corrected chi connectivity index (χ0v) is 10.3. The number of ether oxygens (including phenoxy) is 1. The number of nitrogens with two attached hydrogens (primary N) is 1. The van der Waals surface area contributed by atoms with Gasteiger partial charge in [0.2, 0.25) is 0 Å². The molecule has 5 heteroatoms. The summed E-state index contributed by atoms with van der Waals surface area (Å²) < 4.78 is 4.93. The molecule has 18 heavy (non-hydrogen) atoms. The monoisotopic (exact) mass is 247 g/mol. The zero-order valence-electron chi connectivity index (χ0n) is 10.3. The van der Waals surface area contributed by atoms with Crippen LogP contribution in [0, 0.1) is 0 Å². The van der Waals surface area contributed by atoms with Crippen molar-refractivity contribution in [3.8, 4) is 0 Å². The molecule has 1 aromatic carbocycles. The number of H-pyrrole nitrogens is 1. The van der Waals surface area contributed by atoms with Gasteiger partial charge in [-0.2, -0.15) is 0 Å². The summed E-state index contributed by atoms with van der Waals surface area (Å²) in [7, 11) is 1.64. The molecule has 0 bridgehead atoms. The van der Waals surface area contributed by atoms with E-state index >= 15 is 0 Å². The first kappa shape index (κ1) is 12.4. The summed E-state index contributed by atoms with van der Waals surface area (Å²) in [5.74, 6) is -0.0945. The van der Waals surface area contributed by atoms with Gasteiger partial charge in [-0.25, -0.2) is 0 Å². The molecule has 0 saturated carbocycles. The highest BCUT2D eigenvalue weighted by atomic mass is 16.5. The molecule has 4 N–H and O–H groups in total. The molecule has 0 radical (unpaired) electrons. The maximum Gasteiger partial charge on any atom is 0.253 e. The lowest BCUT2D eigenvalue weighted by molar-refractivity contribution is 0.0950. The first-order valence-corrected chi connectivity index (χ1v) is 5.86. The fraction of sp³-hybridized carbons (Fsp3) is 0.308. The van der Waals surface area contributed by atoms with Crippen molar-refractivity contribution in [3.63, 3.8) is 0 Å². The van der Waals surface area contributed by atoms with Crippen molar-refractivity contribution in [2.24, 2.45) is 0 Å². The molecule has 0 atom stereocenters. The van der Waals surface area contributed by atoms with Crippen molar-refractivity contribution in [1.82, 2.24) is 10.3 Å². The van der Waals surface area contributed by atoms with Gasteiger partial charge in [-0.3, -0.25) is 4.79 Å². The molecule has 1 aromatic heterocycles. The number of nitrogen functional groups attached to an aromatic ring is 1. The number of methoxy groups -OCH3 is 1. The van der Waals surface area contributed by atoms with Crippen LogP contribution in [-0.4, -0.2) is 31.2 Å². The highest BCUT2D eigenvalue weighted by Gasteiger charge is 2.11. The van der Waals surface area contributed by atoms with E-state index in [2.05, 4.69) is 10.3 Å². The SMILES string of the molecule is COCCCNC(=O)c1c[nH]c2ccc(N)cc12. The molecule has 0 aliphatic rings. The largest absolute Gasteiger partial charge is 0.399 e. The number of benzene rings is 1. The summed E-state index contributed by atoms with van der Waals surface area (Å²) in [6, 6.07) is 5.47. The van der Waals surface area contributed by atoms with Gasteiger partial charge in [0.1, 0.15) is 0 Å². The lowest BCUT2D eigenvalue weighted by Crippen LogP contribution is -2.24. The number of rotatable bonds is 5. The molecule has 1 amide bonds. The molecule has 0 saturated heterocycles. The summed E-state index contributed by atoms with van der Waals surface area (Å²) >= 11 is 0. The molecular formula is C13H17N3O2. The third-order valence-electron chi connectivity index (χ3n) is 2.76. The Morgan fingerprint density at radius 2 is 2.33 bits per heavy atom. The lowest BCUT2D eigenvalue weighted by atomic mass is 10.1. The second-order valence-electron chi connectivity index (χ2n) is 4.11. The molecule has 0 aliphatic heterocycles. The van der Waals surface area contributed by atoms with Crippen LogP contribution in [0.1, 0.15) is 16.8 Å². The average Bonchev–Trinajstić information content (AvgIpc) is 2.77. The molecule has 0 aliphatic carbocycles. The Labute approximate surface area is 105 Å². The van der Waals surface area contributed by atoms with E-state index in [1.54, 1.807) is 25.4 Å². The van der Waals surface area contributed by atoms with Crippen LogP contribution in [0.3, 0.4) is 0 Å². The highest BCUT2D eigenvalue weighted by molar-refractivity contribution is 6.07. The smallest absolute Gasteiger partial charge is 0.253 e. The Hall–Kier alpha value is -2.01. The van der Waals surface area contributed by atoms with Gasteiger partial charge in [-0.1, -0.05) is 0 Å². The predicted molar refractivity (Wildman–Crippen MR) is 71.5 cm³/mol. The van der Waals surface area contributed by atoms with E-state index in [0.29, 0.717) is 24.4 Å². The van der Waals surface area contributed by atoms with Crippen molar-refractivity contribution >= 4 is 22.5 Å². The second-order valence-corrected chi connectivity index (χ2v) is 4.11. The molecule has 2 aromatic rings. The van der Waals surface area contributed by atoms with E-state index in [1.807, 2.05) is 6.07 Å². The summed E-state index contributed by atoms with van der Waals surface area (Å²) in [6.07, 6.45) is 2.50. The van der Waals surface area contributed by atoms with Crippen molar-refractivity contribution in [1.29, 1.82) is 0 Å². The minimum Gasteiger partial charge on any atom is -0.399 e. The van der Waals surface area contributed by atoms with Crippen LogP contribution in [0.4, 0.5) is 5.69 Å². The van der Waals surface area contributed by atoms with E-state index in [1.165, 1.54) is 0 Å². The van der Waals surface area contributed by atoms with Gasteiger partial charge in [0.05, 0.1) is 5.56 Å². The van der Waals surface area contributed by atoms with E-state index < -0.39 is 0 Å². The normalized spacial score (nSPS) is 10.7. The number of hydrogen-bond donors (Lipinski definition) is 3. The third-order valence-corrected chi connectivity index (χ3v) is 2.76. The van der Waals surface area contributed by atoms with Crippen LogP contribution >= 0.6 is 0 Å². The minimum atomic E-state index is -0.0945. The van der Waals surface area contributed by atoms with E-state index in [-0.39, 0.29) is 5.91 Å². The number of aromatic nitrogens is 1. The molecule has 96 valence electrons. The van der Waals surface area contributed by atoms with Crippen LogP contribution in [0.5, 0.6) is 0 Å². The fourth-order valence-electron chi connectivity index (χ4n) is 1.84.